The summed E-state index contributed by atoms with van der Waals surface area (Å²) < 4.78 is 10.6. The van der Waals surface area contributed by atoms with Crippen LogP contribution in [0.5, 0.6) is 17.2 Å². The number of phenolic OH excluding ortho intramolecular Hbond substituents is 1. The van der Waals surface area contributed by atoms with E-state index in [4.69, 9.17) is 9.47 Å². The SMILES string of the molecule is COc1cc(C=C[C@H]2C3=CC[C@@H]4C(=O)NC(=O)[C@@H]4[C@@H]3C[C@H]3C(=O)N(c4ccccc4)C(=O)[C@@]23C)cc(OC)c1O. The van der Waals surface area contributed by atoms with Crippen molar-refractivity contribution in [3.05, 3.63) is 65.8 Å². The fourth-order valence-corrected chi connectivity index (χ4v) is 7.17. The zero-order chi connectivity index (χ0) is 28.3. The van der Waals surface area contributed by atoms with Crippen LogP contribution >= 0.6 is 0 Å². The summed E-state index contributed by atoms with van der Waals surface area (Å²) in [6.45, 7) is 1.83. The molecule has 6 atom stereocenters. The van der Waals surface area contributed by atoms with Crippen LogP contribution in [0.4, 0.5) is 5.69 Å². The molecule has 2 heterocycles. The normalized spacial score (nSPS) is 31.0. The Balaban J connectivity index is 1.48. The molecule has 2 aromatic rings. The van der Waals surface area contributed by atoms with Gasteiger partial charge in [0.25, 0.3) is 0 Å². The van der Waals surface area contributed by atoms with Crippen LogP contribution in [-0.2, 0) is 19.2 Å². The van der Waals surface area contributed by atoms with Gasteiger partial charge in [0.1, 0.15) is 0 Å². The van der Waals surface area contributed by atoms with Gasteiger partial charge in [0.05, 0.1) is 43.1 Å². The van der Waals surface area contributed by atoms with Crippen molar-refractivity contribution in [2.45, 2.75) is 19.8 Å². The summed E-state index contributed by atoms with van der Waals surface area (Å²) >= 11 is 0. The first-order valence-corrected chi connectivity index (χ1v) is 13.3. The first-order valence-electron chi connectivity index (χ1n) is 13.3. The molecule has 3 fully saturated rings. The van der Waals surface area contributed by atoms with Gasteiger partial charge >= 0.3 is 0 Å². The number of carbonyl (C=O) groups is 4. The fourth-order valence-electron chi connectivity index (χ4n) is 7.17. The van der Waals surface area contributed by atoms with Crippen molar-refractivity contribution in [2.24, 2.45) is 35.0 Å². The number of methoxy groups -OCH3 is 2. The van der Waals surface area contributed by atoms with Gasteiger partial charge in [-0.15, -0.1) is 0 Å². The van der Waals surface area contributed by atoms with E-state index in [0.29, 0.717) is 24.1 Å². The third-order valence-corrected chi connectivity index (χ3v) is 9.19. The zero-order valence-electron chi connectivity index (χ0n) is 22.4. The largest absolute Gasteiger partial charge is 0.502 e. The van der Waals surface area contributed by atoms with E-state index in [2.05, 4.69) is 5.32 Å². The highest BCUT2D eigenvalue weighted by atomic mass is 16.5. The van der Waals surface area contributed by atoms with Gasteiger partial charge in [-0.2, -0.15) is 0 Å². The van der Waals surface area contributed by atoms with Crippen LogP contribution in [0.2, 0.25) is 0 Å². The van der Waals surface area contributed by atoms with E-state index in [9.17, 15) is 24.3 Å². The summed E-state index contributed by atoms with van der Waals surface area (Å²) in [7, 11) is 2.88. The second kappa shape index (κ2) is 9.36. The quantitative estimate of drug-likeness (QED) is 0.438. The van der Waals surface area contributed by atoms with Crippen molar-refractivity contribution in [1.82, 2.24) is 5.32 Å². The highest BCUT2D eigenvalue weighted by Crippen LogP contribution is 2.60. The molecule has 206 valence electrons. The van der Waals surface area contributed by atoms with Gasteiger partial charge in [-0.3, -0.25) is 24.5 Å². The Labute approximate surface area is 231 Å². The molecule has 2 aliphatic carbocycles. The van der Waals surface area contributed by atoms with Crippen molar-refractivity contribution in [3.63, 3.8) is 0 Å². The molecule has 4 amide bonds. The molecular formula is C31H30N2O7. The monoisotopic (exact) mass is 542 g/mol. The molecule has 0 bridgehead atoms. The number of aromatic hydroxyl groups is 1. The number of ether oxygens (including phenoxy) is 2. The number of phenols is 1. The molecule has 0 unspecified atom stereocenters. The topological polar surface area (TPSA) is 122 Å². The van der Waals surface area contributed by atoms with Gasteiger partial charge in [-0.25, -0.2) is 4.90 Å². The summed E-state index contributed by atoms with van der Waals surface area (Å²) in [6.07, 6.45) is 6.40. The number of amides is 4. The maximum absolute atomic E-state index is 14.2. The number of carbonyl (C=O) groups excluding carboxylic acids is 4. The van der Waals surface area contributed by atoms with Crippen molar-refractivity contribution in [2.75, 3.05) is 19.1 Å². The van der Waals surface area contributed by atoms with Crippen LogP contribution < -0.4 is 19.7 Å². The molecule has 6 rings (SSSR count). The predicted octanol–water partition coefficient (Wildman–Crippen LogP) is 3.47. The average Bonchev–Trinajstić information content (AvgIpc) is 3.35. The van der Waals surface area contributed by atoms with Crippen molar-refractivity contribution < 1.29 is 33.8 Å². The minimum atomic E-state index is -1.11. The molecule has 9 nitrogen and oxygen atoms in total. The van der Waals surface area contributed by atoms with Crippen molar-refractivity contribution in [1.29, 1.82) is 0 Å². The van der Waals surface area contributed by atoms with E-state index in [0.717, 1.165) is 5.57 Å². The highest BCUT2D eigenvalue weighted by Gasteiger charge is 2.66. The molecular weight excluding hydrogens is 512 g/mol. The molecule has 9 heteroatoms. The summed E-state index contributed by atoms with van der Waals surface area (Å²) in [5, 5.41) is 12.8. The third kappa shape index (κ3) is 3.60. The summed E-state index contributed by atoms with van der Waals surface area (Å²) in [5.41, 5.74) is 0.957. The van der Waals surface area contributed by atoms with Crippen LogP contribution in [0, 0.1) is 35.0 Å². The number of hydrogen-bond acceptors (Lipinski definition) is 7. The molecule has 0 spiro atoms. The third-order valence-electron chi connectivity index (χ3n) is 9.19. The van der Waals surface area contributed by atoms with Gasteiger partial charge in [-0.05, 0) is 55.5 Å². The second-order valence-electron chi connectivity index (χ2n) is 11.0. The van der Waals surface area contributed by atoms with Gasteiger partial charge in [0.15, 0.2) is 11.5 Å². The average molecular weight is 543 g/mol. The number of para-hydroxylation sites is 1. The number of rotatable bonds is 5. The summed E-state index contributed by atoms with van der Waals surface area (Å²) in [4.78, 5) is 54.9. The van der Waals surface area contributed by atoms with E-state index in [1.54, 1.807) is 36.4 Å². The lowest BCUT2D eigenvalue weighted by Gasteiger charge is -2.47. The van der Waals surface area contributed by atoms with Crippen LogP contribution in [0.3, 0.4) is 0 Å². The molecule has 2 N–H and O–H groups in total. The van der Waals surface area contributed by atoms with Crippen LogP contribution in [0.25, 0.3) is 6.08 Å². The number of benzene rings is 2. The first-order chi connectivity index (χ1) is 19.2. The lowest BCUT2D eigenvalue weighted by atomic mass is 9.52. The van der Waals surface area contributed by atoms with Gasteiger partial charge in [0.2, 0.25) is 29.4 Å². The molecule has 0 aromatic heterocycles. The predicted molar refractivity (Wildman–Crippen MR) is 145 cm³/mol. The Morgan fingerprint density at radius 3 is 2.33 bits per heavy atom. The van der Waals surface area contributed by atoms with E-state index in [-0.39, 0.29) is 46.8 Å². The molecule has 1 saturated carbocycles. The maximum Gasteiger partial charge on any atom is 0.241 e. The van der Waals surface area contributed by atoms with Crippen LogP contribution in [0.1, 0.15) is 25.3 Å². The molecule has 2 saturated heterocycles. The first kappa shape index (κ1) is 25.9. The zero-order valence-corrected chi connectivity index (χ0v) is 22.4. The molecule has 0 radical (unpaired) electrons. The number of fused-ring (bicyclic) bond motifs is 4. The number of allylic oxidation sites excluding steroid dienone is 3. The fraction of sp³-hybridized carbons (Fsp3) is 0.355. The summed E-state index contributed by atoms with van der Waals surface area (Å²) in [6, 6.07) is 12.2. The van der Waals surface area contributed by atoms with Crippen molar-refractivity contribution >= 4 is 35.4 Å². The van der Waals surface area contributed by atoms with Gasteiger partial charge in [-0.1, -0.05) is 42.0 Å². The molecule has 4 aliphatic rings. The number of nitrogens with one attached hydrogen (secondary N) is 1. The molecule has 40 heavy (non-hydrogen) atoms. The second-order valence-corrected chi connectivity index (χ2v) is 11.0. The lowest BCUT2D eigenvalue weighted by Crippen LogP contribution is -2.49. The van der Waals surface area contributed by atoms with Gasteiger partial charge < -0.3 is 14.6 Å². The highest BCUT2D eigenvalue weighted by molar-refractivity contribution is 6.24. The minimum Gasteiger partial charge on any atom is -0.502 e. The van der Waals surface area contributed by atoms with E-state index < -0.39 is 29.1 Å². The van der Waals surface area contributed by atoms with Crippen molar-refractivity contribution in [3.8, 4) is 17.2 Å². The minimum absolute atomic E-state index is 0.125. The molecule has 2 aliphatic heterocycles. The maximum atomic E-state index is 14.2. The van der Waals surface area contributed by atoms with E-state index in [1.165, 1.54) is 19.1 Å². The van der Waals surface area contributed by atoms with Crippen LogP contribution in [0.15, 0.2) is 60.2 Å². The summed E-state index contributed by atoms with van der Waals surface area (Å²) in [5.74, 6) is -3.45. The van der Waals surface area contributed by atoms with Crippen LogP contribution in [-0.4, -0.2) is 43.0 Å². The number of anilines is 1. The van der Waals surface area contributed by atoms with Gasteiger partial charge in [0, 0.05) is 5.92 Å². The Morgan fingerprint density at radius 1 is 1.00 bits per heavy atom. The lowest BCUT2D eigenvalue weighted by molar-refractivity contribution is -0.132. The Bertz CT molecular complexity index is 1470. The molecule has 2 aromatic carbocycles. The Hall–Kier alpha value is -4.40. The Kier molecular flexibility index (Phi) is 6.05. The number of hydrogen-bond donors (Lipinski definition) is 2. The van der Waals surface area contributed by atoms with E-state index >= 15 is 0 Å². The van der Waals surface area contributed by atoms with E-state index in [1.807, 2.05) is 31.2 Å². The Morgan fingerprint density at radius 2 is 1.68 bits per heavy atom. The smallest absolute Gasteiger partial charge is 0.241 e. The standard InChI is InChI=1S/C31H30N2O7/c1-31-21(12-9-16-13-23(39-2)26(34)24(14-16)40-3)18-10-11-19-25(28(36)32-27(19)35)20(18)15-22(31)29(37)33(30(31)38)17-7-5-4-6-8-17/h4-10,12-14,19-22,25,34H,11,15H2,1-3H3,(H,32,35,36)/t19-,20+,21-,22-,25-,31-/m0/s1. The number of nitrogens with zero attached hydrogens (tertiary/aromatic N) is 1. The number of imide groups is 2.